The van der Waals surface area contributed by atoms with Crippen LogP contribution in [0.2, 0.25) is 5.02 Å². The highest BCUT2D eigenvalue weighted by molar-refractivity contribution is 8.00. The molecule has 0 fully saturated rings. The number of thioether (sulfide) groups is 1. The minimum absolute atomic E-state index is 0.0632. The van der Waals surface area contributed by atoms with Crippen molar-refractivity contribution in [2.24, 2.45) is 0 Å². The molecule has 0 spiro atoms. The van der Waals surface area contributed by atoms with Gasteiger partial charge >= 0.3 is 0 Å². The number of hydrogen-bond donors (Lipinski definition) is 2. The molecule has 1 rings (SSSR count). The van der Waals surface area contributed by atoms with Gasteiger partial charge in [-0.1, -0.05) is 18.5 Å². The summed E-state index contributed by atoms with van der Waals surface area (Å²) in [6, 6.07) is 7.50. The Kier molecular flexibility index (Phi) is 7.89. The minimum atomic E-state index is 0.0632. The average Bonchev–Trinajstić information content (AvgIpc) is 2.38. The molecule has 2 N–H and O–H groups in total. The Morgan fingerprint density at radius 3 is 2.61 bits per heavy atom. The number of carbonyl (C=O) groups is 1. The summed E-state index contributed by atoms with van der Waals surface area (Å²) in [5.74, 6) is 0.503. The molecule has 0 aliphatic heterocycles. The first-order valence-corrected chi connectivity index (χ1v) is 7.44. The molecule has 0 unspecified atom stereocenters. The molecule has 0 bridgehead atoms. The van der Waals surface area contributed by atoms with E-state index in [2.05, 4.69) is 17.6 Å². The summed E-state index contributed by atoms with van der Waals surface area (Å²) in [7, 11) is 0. The molecule has 0 aliphatic rings. The molecule has 5 heteroatoms. The van der Waals surface area contributed by atoms with Crippen LogP contribution in [0, 0.1) is 0 Å². The fourth-order valence-electron chi connectivity index (χ4n) is 1.32. The Hall–Kier alpha value is -0.710. The first-order valence-electron chi connectivity index (χ1n) is 6.08. The van der Waals surface area contributed by atoms with Gasteiger partial charge in [0.2, 0.25) is 5.91 Å². The van der Waals surface area contributed by atoms with E-state index in [-0.39, 0.29) is 5.91 Å². The summed E-state index contributed by atoms with van der Waals surface area (Å²) >= 11 is 7.30. The highest BCUT2D eigenvalue weighted by Gasteiger charge is 2.01. The van der Waals surface area contributed by atoms with Gasteiger partial charge in [0.25, 0.3) is 0 Å². The molecular weight excluding hydrogens is 268 g/mol. The third-order valence-electron chi connectivity index (χ3n) is 2.23. The Labute approximate surface area is 118 Å². The Morgan fingerprint density at radius 2 is 1.94 bits per heavy atom. The lowest BCUT2D eigenvalue weighted by Crippen LogP contribution is -2.33. The molecule has 0 atom stereocenters. The van der Waals surface area contributed by atoms with Crippen molar-refractivity contribution in [2.45, 2.75) is 18.2 Å². The van der Waals surface area contributed by atoms with Crippen LogP contribution >= 0.6 is 23.4 Å². The van der Waals surface area contributed by atoms with Crippen LogP contribution in [0.25, 0.3) is 0 Å². The second-order valence-corrected chi connectivity index (χ2v) is 5.33. The molecule has 0 saturated carbocycles. The quantitative estimate of drug-likeness (QED) is 0.570. The summed E-state index contributed by atoms with van der Waals surface area (Å²) < 4.78 is 0. The van der Waals surface area contributed by atoms with E-state index in [0.29, 0.717) is 17.3 Å². The maximum atomic E-state index is 11.5. The number of rotatable bonds is 8. The number of nitrogens with one attached hydrogen (secondary N) is 2. The maximum absolute atomic E-state index is 11.5. The maximum Gasteiger partial charge on any atom is 0.230 e. The van der Waals surface area contributed by atoms with Crippen LogP contribution in [-0.4, -0.2) is 31.3 Å². The molecule has 1 amide bonds. The molecule has 0 radical (unpaired) electrons. The van der Waals surface area contributed by atoms with Crippen LogP contribution in [0.3, 0.4) is 0 Å². The summed E-state index contributed by atoms with van der Waals surface area (Å²) in [6.45, 7) is 4.62. The molecule has 1 aromatic carbocycles. The second-order valence-electron chi connectivity index (χ2n) is 3.84. The lowest BCUT2D eigenvalue weighted by molar-refractivity contribution is -0.118. The molecule has 18 heavy (non-hydrogen) atoms. The van der Waals surface area contributed by atoms with Crippen molar-refractivity contribution in [1.82, 2.24) is 10.6 Å². The van der Waals surface area contributed by atoms with Gasteiger partial charge in [0.15, 0.2) is 0 Å². The van der Waals surface area contributed by atoms with E-state index < -0.39 is 0 Å². The van der Waals surface area contributed by atoms with Gasteiger partial charge in [-0.25, -0.2) is 0 Å². The Bertz CT molecular complexity index is 357. The van der Waals surface area contributed by atoms with Crippen molar-refractivity contribution in [2.75, 3.05) is 25.4 Å². The number of carbonyl (C=O) groups excluding carboxylic acids is 1. The van der Waals surface area contributed by atoms with Crippen molar-refractivity contribution in [3.8, 4) is 0 Å². The highest BCUT2D eigenvalue weighted by atomic mass is 35.5. The summed E-state index contributed by atoms with van der Waals surface area (Å²) in [4.78, 5) is 12.6. The van der Waals surface area contributed by atoms with Gasteiger partial charge in [-0.15, -0.1) is 11.8 Å². The first-order chi connectivity index (χ1) is 8.72. The average molecular weight is 287 g/mol. The molecule has 0 heterocycles. The van der Waals surface area contributed by atoms with Gasteiger partial charge in [0, 0.05) is 23.0 Å². The fraction of sp³-hybridized carbons (Fsp3) is 0.462. The minimum Gasteiger partial charge on any atom is -0.354 e. The lowest BCUT2D eigenvalue weighted by Gasteiger charge is -2.06. The Morgan fingerprint density at radius 1 is 1.22 bits per heavy atom. The monoisotopic (exact) mass is 286 g/mol. The summed E-state index contributed by atoms with van der Waals surface area (Å²) in [6.07, 6.45) is 1.11. The van der Waals surface area contributed by atoms with Gasteiger partial charge in [-0.05, 0) is 37.2 Å². The van der Waals surface area contributed by atoms with Crippen LogP contribution in [-0.2, 0) is 4.79 Å². The zero-order chi connectivity index (χ0) is 13.2. The van der Waals surface area contributed by atoms with Crippen molar-refractivity contribution >= 4 is 29.3 Å². The standard InChI is InChI=1S/C13H19ClN2OS/c1-2-7-15-8-9-16-13(17)10-18-12-5-3-11(14)4-6-12/h3-6,15H,2,7-10H2,1H3,(H,16,17). The van der Waals surface area contributed by atoms with Crippen molar-refractivity contribution in [3.05, 3.63) is 29.3 Å². The summed E-state index contributed by atoms with van der Waals surface area (Å²) in [5, 5.41) is 6.82. The van der Waals surface area contributed by atoms with E-state index in [1.165, 1.54) is 11.8 Å². The van der Waals surface area contributed by atoms with Gasteiger partial charge in [0.1, 0.15) is 0 Å². The largest absolute Gasteiger partial charge is 0.354 e. The third kappa shape index (κ3) is 6.89. The van der Waals surface area contributed by atoms with Crippen LogP contribution in [0.15, 0.2) is 29.2 Å². The predicted molar refractivity (Wildman–Crippen MR) is 78.3 cm³/mol. The van der Waals surface area contributed by atoms with Gasteiger partial charge in [-0.3, -0.25) is 4.79 Å². The molecule has 0 saturated heterocycles. The highest BCUT2D eigenvalue weighted by Crippen LogP contribution is 2.19. The van der Waals surface area contributed by atoms with Gasteiger partial charge < -0.3 is 10.6 Å². The molecule has 0 aromatic heterocycles. The topological polar surface area (TPSA) is 41.1 Å². The summed E-state index contributed by atoms with van der Waals surface area (Å²) in [5.41, 5.74) is 0. The van der Waals surface area contributed by atoms with Crippen LogP contribution < -0.4 is 10.6 Å². The second kappa shape index (κ2) is 9.25. The van der Waals surface area contributed by atoms with E-state index in [1.807, 2.05) is 24.3 Å². The van der Waals surface area contributed by atoms with Gasteiger partial charge in [-0.2, -0.15) is 0 Å². The van der Waals surface area contributed by atoms with Crippen LogP contribution in [0.5, 0.6) is 0 Å². The van der Waals surface area contributed by atoms with Crippen LogP contribution in [0.4, 0.5) is 0 Å². The first kappa shape index (κ1) is 15.3. The normalized spacial score (nSPS) is 10.3. The molecular formula is C13H19ClN2OS. The van der Waals surface area contributed by atoms with E-state index in [9.17, 15) is 4.79 Å². The van der Waals surface area contributed by atoms with E-state index >= 15 is 0 Å². The number of halogens is 1. The third-order valence-corrected chi connectivity index (χ3v) is 3.50. The molecule has 1 aromatic rings. The van der Waals surface area contributed by atoms with E-state index in [0.717, 1.165) is 24.4 Å². The molecule has 0 aliphatic carbocycles. The van der Waals surface area contributed by atoms with Crippen molar-refractivity contribution < 1.29 is 4.79 Å². The van der Waals surface area contributed by atoms with Crippen molar-refractivity contribution in [3.63, 3.8) is 0 Å². The smallest absolute Gasteiger partial charge is 0.230 e. The van der Waals surface area contributed by atoms with Crippen LogP contribution in [0.1, 0.15) is 13.3 Å². The predicted octanol–water partition coefficient (Wildman–Crippen LogP) is 2.55. The zero-order valence-corrected chi connectivity index (χ0v) is 12.1. The number of benzene rings is 1. The molecule has 3 nitrogen and oxygen atoms in total. The van der Waals surface area contributed by atoms with Gasteiger partial charge in [0.05, 0.1) is 5.75 Å². The lowest BCUT2D eigenvalue weighted by atomic mass is 10.4. The number of amides is 1. The SMILES string of the molecule is CCCNCCNC(=O)CSc1ccc(Cl)cc1. The van der Waals surface area contributed by atoms with Crippen molar-refractivity contribution in [1.29, 1.82) is 0 Å². The fourth-order valence-corrected chi connectivity index (χ4v) is 2.18. The number of hydrogen-bond acceptors (Lipinski definition) is 3. The van der Waals surface area contributed by atoms with E-state index in [4.69, 9.17) is 11.6 Å². The molecule has 100 valence electrons. The zero-order valence-electron chi connectivity index (χ0n) is 10.5. The van der Waals surface area contributed by atoms with E-state index in [1.54, 1.807) is 0 Å². The Balaban J connectivity index is 2.11.